The highest BCUT2D eigenvalue weighted by Crippen LogP contribution is 2.22. The van der Waals surface area contributed by atoms with Gasteiger partial charge < -0.3 is 4.90 Å². The van der Waals surface area contributed by atoms with Crippen LogP contribution in [0.25, 0.3) is 11.3 Å². The molecular formula is C22H28N6O. The van der Waals surface area contributed by atoms with Crippen molar-refractivity contribution in [2.24, 2.45) is 0 Å². The van der Waals surface area contributed by atoms with E-state index in [0.717, 1.165) is 55.0 Å². The van der Waals surface area contributed by atoms with Crippen LogP contribution in [0, 0.1) is 13.8 Å². The molecule has 0 radical (unpaired) electrons. The summed E-state index contributed by atoms with van der Waals surface area (Å²) in [5.74, 6) is 0.157. The molecule has 1 amide bonds. The largest absolute Gasteiger partial charge is 0.338 e. The van der Waals surface area contributed by atoms with E-state index in [1.807, 2.05) is 65.8 Å². The first-order chi connectivity index (χ1) is 14.1. The molecule has 2 aromatic heterocycles. The summed E-state index contributed by atoms with van der Waals surface area (Å²) in [5, 5.41) is 13.0. The van der Waals surface area contributed by atoms with Gasteiger partial charge in [0.2, 0.25) is 5.91 Å². The van der Waals surface area contributed by atoms with Crippen LogP contribution in [0.5, 0.6) is 0 Å². The van der Waals surface area contributed by atoms with E-state index in [0.29, 0.717) is 6.54 Å². The fourth-order valence-corrected chi connectivity index (χ4v) is 4.11. The van der Waals surface area contributed by atoms with Gasteiger partial charge >= 0.3 is 0 Å². The van der Waals surface area contributed by atoms with Gasteiger partial charge in [0, 0.05) is 30.4 Å². The second-order valence-electron chi connectivity index (χ2n) is 7.84. The lowest BCUT2D eigenvalue weighted by Gasteiger charge is -2.36. The van der Waals surface area contributed by atoms with Crippen LogP contribution in [0.15, 0.2) is 42.6 Å². The minimum atomic E-state index is 0.157. The molecule has 7 heteroatoms. The van der Waals surface area contributed by atoms with Gasteiger partial charge in [0.1, 0.15) is 12.2 Å². The summed E-state index contributed by atoms with van der Waals surface area (Å²) >= 11 is 0. The zero-order valence-corrected chi connectivity index (χ0v) is 17.2. The molecule has 1 aromatic carbocycles. The topological polar surface area (TPSA) is 68.8 Å². The van der Waals surface area contributed by atoms with Gasteiger partial charge in [-0.25, -0.2) is 0 Å². The molecule has 0 spiro atoms. The minimum Gasteiger partial charge on any atom is -0.338 e. The van der Waals surface area contributed by atoms with Gasteiger partial charge in [-0.3, -0.25) is 14.2 Å². The second-order valence-corrected chi connectivity index (χ2v) is 7.84. The number of likely N-dealkylation sites (tertiary alicyclic amines) is 1. The van der Waals surface area contributed by atoms with Crippen molar-refractivity contribution in [2.45, 2.75) is 58.7 Å². The Hall–Kier alpha value is -2.96. The number of benzene rings is 1. The summed E-state index contributed by atoms with van der Waals surface area (Å²) in [6, 6.07) is 12.3. The molecule has 7 nitrogen and oxygen atoms in total. The van der Waals surface area contributed by atoms with Gasteiger partial charge in [-0.2, -0.15) is 5.10 Å². The molecule has 3 heterocycles. The first-order valence-corrected chi connectivity index (χ1v) is 10.4. The molecule has 1 aliphatic heterocycles. The van der Waals surface area contributed by atoms with Crippen molar-refractivity contribution in [3.05, 3.63) is 54.0 Å². The minimum absolute atomic E-state index is 0.157. The molecule has 152 valence electrons. The molecule has 3 aromatic rings. The molecule has 4 rings (SSSR count). The van der Waals surface area contributed by atoms with Crippen LogP contribution in [-0.2, 0) is 17.9 Å². The maximum absolute atomic E-state index is 13.0. The fourth-order valence-electron chi connectivity index (χ4n) is 4.11. The quantitative estimate of drug-likeness (QED) is 0.646. The van der Waals surface area contributed by atoms with E-state index in [2.05, 4.69) is 20.3 Å². The van der Waals surface area contributed by atoms with Crippen LogP contribution in [0.1, 0.15) is 37.1 Å². The monoisotopic (exact) mass is 392 g/mol. The van der Waals surface area contributed by atoms with Gasteiger partial charge in [0.05, 0.1) is 11.9 Å². The number of nitrogens with zero attached hydrogens (tertiary/aromatic N) is 6. The first-order valence-electron chi connectivity index (χ1n) is 10.4. The van der Waals surface area contributed by atoms with Crippen LogP contribution in [-0.4, -0.2) is 48.2 Å². The van der Waals surface area contributed by atoms with E-state index < -0.39 is 0 Å². The molecule has 1 unspecified atom stereocenters. The Morgan fingerprint density at radius 2 is 2.00 bits per heavy atom. The number of aromatic nitrogens is 5. The number of carbonyl (C=O) groups excluding carboxylic acids is 1. The average molecular weight is 393 g/mol. The number of rotatable bonds is 6. The molecule has 0 saturated carbocycles. The summed E-state index contributed by atoms with van der Waals surface area (Å²) in [4.78, 5) is 15.0. The van der Waals surface area contributed by atoms with Crippen molar-refractivity contribution in [3.63, 3.8) is 0 Å². The second kappa shape index (κ2) is 8.59. The molecule has 1 fully saturated rings. The first kappa shape index (κ1) is 19.4. The van der Waals surface area contributed by atoms with Crippen LogP contribution < -0.4 is 0 Å². The fraction of sp³-hybridized carbons (Fsp3) is 0.455. The average Bonchev–Trinajstić information content (AvgIpc) is 3.33. The van der Waals surface area contributed by atoms with Gasteiger partial charge in [0.15, 0.2) is 0 Å². The zero-order chi connectivity index (χ0) is 20.2. The van der Waals surface area contributed by atoms with Gasteiger partial charge in [0.25, 0.3) is 0 Å². The summed E-state index contributed by atoms with van der Waals surface area (Å²) in [5.41, 5.74) is 3.93. The maximum atomic E-state index is 13.0. The van der Waals surface area contributed by atoms with E-state index in [-0.39, 0.29) is 11.9 Å². The molecule has 1 atom stereocenters. The highest BCUT2D eigenvalue weighted by molar-refractivity contribution is 5.76. The van der Waals surface area contributed by atoms with Crippen molar-refractivity contribution >= 4 is 5.91 Å². The summed E-state index contributed by atoms with van der Waals surface area (Å²) in [6.07, 6.45) is 6.16. The Balaban J connectivity index is 1.38. The molecule has 0 aliphatic carbocycles. The van der Waals surface area contributed by atoms with E-state index in [1.54, 1.807) is 0 Å². The van der Waals surface area contributed by atoms with Crippen molar-refractivity contribution in [3.8, 4) is 11.3 Å². The Morgan fingerprint density at radius 3 is 2.76 bits per heavy atom. The Kier molecular flexibility index (Phi) is 5.74. The number of hydrogen-bond donors (Lipinski definition) is 0. The van der Waals surface area contributed by atoms with Crippen molar-refractivity contribution in [1.82, 2.24) is 29.7 Å². The molecule has 0 bridgehead atoms. The van der Waals surface area contributed by atoms with E-state index in [9.17, 15) is 4.79 Å². The standard InChI is InChI=1S/C22H28N6O/c1-17-14-18(2)28(24-17)16-22(29)27-12-7-6-10-20(27)11-13-26-15-21(23-25-26)19-8-4-3-5-9-19/h3-5,8-9,14-15,20H,6-7,10-13,16H2,1-2H3. The van der Waals surface area contributed by atoms with Crippen molar-refractivity contribution in [2.75, 3.05) is 6.54 Å². The number of carbonyl (C=O) groups is 1. The van der Waals surface area contributed by atoms with E-state index >= 15 is 0 Å². The molecule has 29 heavy (non-hydrogen) atoms. The molecule has 0 N–H and O–H groups in total. The third-order valence-corrected chi connectivity index (χ3v) is 5.64. The highest BCUT2D eigenvalue weighted by atomic mass is 16.2. The Bertz CT molecular complexity index is 961. The third kappa shape index (κ3) is 4.55. The molecule has 1 aliphatic rings. The van der Waals surface area contributed by atoms with Crippen LogP contribution in [0.3, 0.4) is 0 Å². The van der Waals surface area contributed by atoms with Crippen molar-refractivity contribution < 1.29 is 4.79 Å². The third-order valence-electron chi connectivity index (χ3n) is 5.64. The number of amides is 1. The van der Waals surface area contributed by atoms with Gasteiger partial charge in [-0.05, 0) is 45.6 Å². The lowest BCUT2D eigenvalue weighted by molar-refractivity contribution is -0.136. The summed E-state index contributed by atoms with van der Waals surface area (Å²) < 4.78 is 3.70. The van der Waals surface area contributed by atoms with Crippen LogP contribution >= 0.6 is 0 Å². The Morgan fingerprint density at radius 1 is 1.17 bits per heavy atom. The van der Waals surface area contributed by atoms with Crippen LogP contribution in [0.2, 0.25) is 0 Å². The molecular weight excluding hydrogens is 364 g/mol. The smallest absolute Gasteiger partial charge is 0.244 e. The normalized spacial score (nSPS) is 16.9. The number of piperidine rings is 1. The van der Waals surface area contributed by atoms with Gasteiger partial charge in [-0.1, -0.05) is 35.5 Å². The highest BCUT2D eigenvalue weighted by Gasteiger charge is 2.27. The maximum Gasteiger partial charge on any atom is 0.244 e. The molecule has 1 saturated heterocycles. The van der Waals surface area contributed by atoms with Crippen LogP contribution in [0.4, 0.5) is 0 Å². The lowest BCUT2D eigenvalue weighted by Crippen LogP contribution is -2.45. The van der Waals surface area contributed by atoms with E-state index in [4.69, 9.17) is 0 Å². The summed E-state index contributed by atoms with van der Waals surface area (Å²) in [6.45, 7) is 5.86. The summed E-state index contributed by atoms with van der Waals surface area (Å²) in [7, 11) is 0. The van der Waals surface area contributed by atoms with Crippen molar-refractivity contribution in [1.29, 1.82) is 0 Å². The SMILES string of the molecule is Cc1cc(C)n(CC(=O)N2CCCCC2CCn2cc(-c3ccccc3)nn2)n1. The predicted molar refractivity (Wildman–Crippen MR) is 111 cm³/mol. The lowest BCUT2D eigenvalue weighted by atomic mass is 9.99. The number of aryl methyl sites for hydroxylation is 3. The number of hydrogen-bond acceptors (Lipinski definition) is 4. The Labute approximate surface area is 171 Å². The predicted octanol–water partition coefficient (Wildman–Crippen LogP) is 3.23. The van der Waals surface area contributed by atoms with E-state index in [1.165, 1.54) is 6.42 Å². The van der Waals surface area contributed by atoms with Gasteiger partial charge in [-0.15, -0.1) is 5.10 Å². The zero-order valence-electron chi connectivity index (χ0n) is 17.2.